The molecule has 9 heteroatoms. The summed E-state index contributed by atoms with van der Waals surface area (Å²) in [6, 6.07) is 11.7. The van der Waals surface area contributed by atoms with Crippen molar-refractivity contribution in [1.82, 2.24) is 24.5 Å². The number of nitrogens with one attached hydrogen (secondary N) is 1. The van der Waals surface area contributed by atoms with Crippen molar-refractivity contribution < 1.29 is 13.9 Å². The zero-order valence-corrected chi connectivity index (χ0v) is 17.5. The lowest BCUT2D eigenvalue weighted by Gasteiger charge is -2.12. The lowest BCUT2D eigenvalue weighted by Crippen LogP contribution is -2.32. The molecule has 0 spiro atoms. The predicted molar refractivity (Wildman–Crippen MR) is 116 cm³/mol. The van der Waals surface area contributed by atoms with Crippen LogP contribution in [0.4, 0.5) is 4.39 Å². The van der Waals surface area contributed by atoms with E-state index >= 15 is 0 Å². The summed E-state index contributed by atoms with van der Waals surface area (Å²) < 4.78 is 22.2. The number of aryl methyl sites for hydroxylation is 1. The van der Waals surface area contributed by atoms with Gasteiger partial charge in [-0.25, -0.2) is 8.91 Å². The Morgan fingerprint density at radius 2 is 2.12 bits per heavy atom. The summed E-state index contributed by atoms with van der Waals surface area (Å²) in [6.45, 7) is 3.16. The highest BCUT2D eigenvalue weighted by Crippen LogP contribution is 2.18. The predicted octanol–water partition coefficient (Wildman–Crippen LogP) is 2.45. The summed E-state index contributed by atoms with van der Waals surface area (Å²) in [4.78, 5) is 30.2. The molecule has 5 rings (SSSR count). The van der Waals surface area contributed by atoms with Gasteiger partial charge in [0.15, 0.2) is 0 Å². The number of aromatic nitrogens is 4. The molecular weight excluding hydrogens is 413 g/mol. The Balaban J connectivity index is 1.58. The molecule has 8 nitrogen and oxygen atoms in total. The van der Waals surface area contributed by atoms with Gasteiger partial charge in [0, 0.05) is 13.2 Å². The Morgan fingerprint density at radius 1 is 1.25 bits per heavy atom. The third-order valence-electron chi connectivity index (χ3n) is 5.64. The molecular formula is C23H22FN5O3. The van der Waals surface area contributed by atoms with E-state index < -0.39 is 11.5 Å². The molecule has 3 heterocycles. The Bertz CT molecular complexity index is 1390. The van der Waals surface area contributed by atoms with Gasteiger partial charge in [-0.2, -0.15) is 4.98 Å². The molecule has 2 aromatic carbocycles. The van der Waals surface area contributed by atoms with E-state index in [0.29, 0.717) is 29.7 Å². The van der Waals surface area contributed by atoms with Crippen LogP contribution in [0.5, 0.6) is 0 Å². The van der Waals surface area contributed by atoms with Crippen LogP contribution < -0.4 is 10.9 Å². The van der Waals surface area contributed by atoms with Crippen molar-refractivity contribution in [2.75, 3.05) is 13.2 Å². The molecule has 32 heavy (non-hydrogen) atoms. The maximum absolute atomic E-state index is 13.7. The van der Waals surface area contributed by atoms with E-state index in [0.717, 1.165) is 18.4 Å². The van der Waals surface area contributed by atoms with Crippen molar-refractivity contribution in [2.45, 2.75) is 32.4 Å². The molecule has 0 aliphatic carbocycles. The summed E-state index contributed by atoms with van der Waals surface area (Å²) in [6.07, 6.45) is 1.86. The lowest BCUT2D eigenvalue weighted by molar-refractivity contribution is 0.0849. The quantitative estimate of drug-likeness (QED) is 0.520. The first-order chi connectivity index (χ1) is 15.5. The van der Waals surface area contributed by atoms with Crippen molar-refractivity contribution in [3.63, 3.8) is 0 Å². The van der Waals surface area contributed by atoms with Gasteiger partial charge in [-0.15, -0.1) is 5.10 Å². The lowest BCUT2D eigenvalue weighted by atomic mass is 10.2. The fraction of sp³-hybridized carbons (Fsp3) is 0.304. The van der Waals surface area contributed by atoms with Crippen molar-refractivity contribution in [2.24, 2.45) is 0 Å². The Kier molecular flexibility index (Phi) is 5.18. The topological polar surface area (TPSA) is 90.5 Å². The van der Waals surface area contributed by atoms with Crippen LogP contribution in [0.2, 0.25) is 0 Å². The number of carbonyl (C=O) groups excluding carboxylic acids is 1. The second-order valence-electron chi connectivity index (χ2n) is 8.03. The normalized spacial score (nSPS) is 16.1. The van der Waals surface area contributed by atoms with E-state index in [9.17, 15) is 14.0 Å². The largest absolute Gasteiger partial charge is 0.376 e. The first kappa shape index (κ1) is 20.3. The minimum absolute atomic E-state index is 0.0108. The standard InChI is InChI=1S/C23H22FN5O3/c1-14-7-8-18-19(10-14)28(13-15-4-2-5-16(24)11-15)23(31)21-26-20(27-29(18)21)22(30)25-12-17-6-3-9-32-17/h2,4-5,7-8,10-11,17H,3,6,9,12-13H2,1H3,(H,25,30). The maximum Gasteiger partial charge on any atom is 0.296 e. The van der Waals surface area contributed by atoms with Gasteiger partial charge in [0.05, 0.1) is 23.7 Å². The van der Waals surface area contributed by atoms with Crippen LogP contribution >= 0.6 is 0 Å². The van der Waals surface area contributed by atoms with Gasteiger partial charge in [-0.1, -0.05) is 18.2 Å². The van der Waals surface area contributed by atoms with Crippen molar-refractivity contribution in [1.29, 1.82) is 0 Å². The molecule has 0 bridgehead atoms. The first-order valence-electron chi connectivity index (χ1n) is 10.5. The molecule has 1 saturated heterocycles. The second-order valence-corrected chi connectivity index (χ2v) is 8.03. The molecule has 1 fully saturated rings. The van der Waals surface area contributed by atoms with E-state index in [2.05, 4.69) is 15.4 Å². The summed E-state index contributed by atoms with van der Waals surface area (Å²) in [7, 11) is 0. The molecule has 4 aromatic rings. The van der Waals surface area contributed by atoms with Crippen molar-refractivity contribution in [3.05, 3.63) is 75.6 Å². The summed E-state index contributed by atoms with van der Waals surface area (Å²) in [5, 5.41) is 7.10. The van der Waals surface area contributed by atoms with Gasteiger partial charge in [-0.3, -0.25) is 14.2 Å². The molecule has 0 radical (unpaired) electrons. The zero-order valence-electron chi connectivity index (χ0n) is 17.5. The van der Waals surface area contributed by atoms with Gasteiger partial charge in [-0.05, 0) is 55.2 Å². The van der Waals surface area contributed by atoms with E-state index in [1.807, 2.05) is 25.1 Å². The number of hydrogen-bond donors (Lipinski definition) is 1. The number of hydrogen-bond acceptors (Lipinski definition) is 5. The van der Waals surface area contributed by atoms with Crippen LogP contribution in [0.3, 0.4) is 0 Å². The van der Waals surface area contributed by atoms with Crippen molar-refractivity contribution in [3.8, 4) is 0 Å². The maximum atomic E-state index is 13.7. The fourth-order valence-electron chi connectivity index (χ4n) is 4.04. The number of amides is 1. The van der Waals surface area contributed by atoms with Crippen LogP contribution in [0.25, 0.3) is 16.7 Å². The minimum Gasteiger partial charge on any atom is -0.376 e. The van der Waals surface area contributed by atoms with Crippen LogP contribution in [-0.4, -0.2) is 44.3 Å². The van der Waals surface area contributed by atoms with Gasteiger partial charge in [0.2, 0.25) is 11.5 Å². The molecule has 0 saturated carbocycles. The van der Waals surface area contributed by atoms with Gasteiger partial charge >= 0.3 is 0 Å². The van der Waals surface area contributed by atoms with Crippen LogP contribution in [0.15, 0.2) is 47.3 Å². The zero-order chi connectivity index (χ0) is 22.2. The van der Waals surface area contributed by atoms with Gasteiger partial charge in [0.1, 0.15) is 5.82 Å². The molecule has 1 N–H and O–H groups in total. The molecule has 1 atom stereocenters. The summed E-state index contributed by atoms with van der Waals surface area (Å²) in [5.74, 6) is -0.907. The third kappa shape index (κ3) is 3.75. The fourth-order valence-corrected chi connectivity index (χ4v) is 4.04. The number of nitrogens with zero attached hydrogens (tertiary/aromatic N) is 4. The number of ether oxygens (including phenoxy) is 1. The SMILES string of the molecule is Cc1ccc2c(c1)n(Cc1cccc(F)c1)c(=O)c1nc(C(=O)NCC3CCCO3)nn12. The van der Waals surface area contributed by atoms with Crippen molar-refractivity contribution >= 4 is 22.6 Å². The third-order valence-corrected chi connectivity index (χ3v) is 5.64. The van der Waals surface area contributed by atoms with Gasteiger partial charge in [0.25, 0.3) is 11.5 Å². The number of halogens is 1. The first-order valence-corrected chi connectivity index (χ1v) is 10.5. The van der Waals surface area contributed by atoms with Crippen LogP contribution in [0.1, 0.15) is 34.6 Å². The van der Waals surface area contributed by atoms with Crippen LogP contribution in [0, 0.1) is 12.7 Å². The number of carbonyl (C=O) groups is 1. The summed E-state index contributed by atoms with van der Waals surface area (Å²) >= 11 is 0. The number of benzene rings is 2. The highest BCUT2D eigenvalue weighted by molar-refractivity contribution is 5.91. The van der Waals surface area contributed by atoms with Gasteiger partial charge < -0.3 is 10.1 Å². The smallest absolute Gasteiger partial charge is 0.296 e. The number of fused-ring (bicyclic) bond motifs is 3. The monoisotopic (exact) mass is 435 g/mol. The number of rotatable bonds is 5. The van der Waals surface area contributed by atoms with E-state index in [4.69, 9.17) is 4.74 Å². The Hall–Kier alpha value is -3.59. The Labute approximate surface area is 182 Å². The molecule has 164 valence electrons. The minimum atomic E-state index is -0.458. The highest BCUT2D eigenvalue weighted by atomic mass is 19.1. The van der Waals surface area contributed by atoms with E-state index in [1.165, 1.54) is 21.2 Å². The van der Waals surface area contributed by atoms with E-state index in [1.54, 1.807) is 12.1 Å². The summed E-state index contributed by atoms with van der Waals surface area (Å²) in [5.41, 5.74) is 2.50. The Morgan fingerprint density at radius 3 is 2.91 bits per heavy atom. The second kappa shape index (κ2) is 8.16. The highest BCUT2D eigenvalue weighted by Gasteiger charge is 2.21. The van der Waals surface area contributed by atoms with E-state index in [-0.39, 0.29) is 29.9 Å². The average molecular weight is 435 g/mol. The van der Waals surface area contributed by atoms with Crippen LogP contribution in [-0.2, 0) is 11.3 Å². The molecule has 2 aromatic heterocycles. The molecule has 1 aliphatic heterocycles. The molecule has 1 amide bonds. The molecule has 1 unspecified atom stereocenters. The molecule has 1 aliphatic rings. The average Bonchev–Trinajstić information content (AvgIpc) is 3.45.